The first-order valence-corrected chi connectivity index (χ1v) is 13.7. The summed E-state index contributed by atoms with van der Waals surface area (Å²) in [7, 11) is -3.97. The van der Waals surface area contributed by atoms with Gasteiger partial charge < -0.3 is 5.32 Å². The second kappa shape index (κ2) is 12.2. The number of sulfonamides is 1. The van der Waals surface area contributed by atoms with Crippen LogP contribution in [0, 0.1) is 0 Å². The lowest BCUT2D eigenvalue weighted by Crippen LogP contribution is -2.43. The normalized spacial score (nSPS) is 12.5. The molecule has 0 spiro atoms. The van der Waals surface area contributed by atoms with E-state index in [0.717, 1.165) is 21.6 Å². The molecule has 0 bridgehead atoms. The van der Waals surface area contributed by atoms with Crippen molar-refractivity contribution in [1.29, 1.82) is 0 Å². The van der Waals surface area contributed by atoms with Gasteiger partial charge in [0.1, 0.15) is 0 Å². The zero-order valence-corrected chi connectivity index (χ0v) is 22.5. The van der Waals surface area contributed by atoms with Crippen LogP contribution in [0.15, 0.2) is 82.2 Å². The molecule has 180 valence electrons. The smallest absolute Gasteiger partial charge is 0.243 e. The molecule has 0 aliphatic carbocycles. The Hall–Kier alpha value is -1.90. The molecule has 0 unspecified atom stereocenters. The number of hydrogen-bond donors (Lipinski definition) is 1. The van der Waals surface area contributed by atoms with Crippen LogP contribution in [-0.2, 0) is 27.8 Å². The lowest BCUT2D eigenvalue weighted by molar-refractivity contribution is -0.122. The summed E-state index contributed by atoms with van der Waals surface area (Å²) >= 11 is 15.6. The van der Waals surface area contributed by atoms with Crippen molar-refractivity contribution in [2.75, 3.05) is 6.54 Å². The molecule has 1 amide bonds. The van der Waals surface area contributed by atoms with Crippen molar-refractivity contribution < 1.29 is 13.2 Å². The van der Waals surface area contributed by atoms with Crippen molar-refractivity contribution in [3.63, 3.8) is 0 Å². The molecule has 3 aromatic rings. The molecule has 1 N–H and O–H groups in total. The molecule has 0 saturated heterocycles. The molecule has 9 heteroatoms. The minimum atomic E-state index is -3.97. The van der Waals surface area contributed by atoms with Crippen LogP contribution in [0.3, 0.4) is 0 Å². The minimum Gasteiger partial charge on any atom is -0.352 e. The fraction of sp³-hybridized carbons (Fsp3) is 0.240. The zero-order chi connectivity index (χ0) is 24.7. The number of nitrogens with one attached hydrogen (secondary N) is 1. The molecule has 0 aliphatic heterocycles. The molecule has 0 fully saturated rings. The van der Waals surface area contributed by atoms with Crippen LogP contribution in [0.2, 0.25) is 10.0 Å². The summed E-state index contributed by atoms with van der Waals surface area (Å²) in [5.74, 6) is -0.383. The maximum Gasteiger partial charge on any atom is 0.243 e. The molecule has 0 aliphatic rings. The summed E-state index contributed by atoms with van der Waals surface area (Å²) in [4.78, 5) is 12.9. The standard InChI is InChI=1S/C25H25BrCl2N2O3S/c1-18(7-8-19-5-3-2-4-6-19)29-25(31)17-30(16-20-9-12-22(27)15-24(20)28)34(32,33)23-13-10-21(26)11-14-23/h2-6,9-15,18H,7-8,16-17H2,1H3,(H,29,31)/t18-/m1/s1. The molecule has 0 heterocycles. The lowest BCUT2D eigenvalue weighted by Gasteiger charge is -2.24. The van der Waals surface area contributed by atoms with Crippen LogP contribution in [-0.4, -0.2) is 31.2 Å². The highest BCUT2D eigenvalue weighted by atomic mass is 79.9. The predicted molar refractivity (Wildman–Crippen MR) is 141 cm³/mol. The number of halogens is 3. The number of carbonyl (C=O) groups excluding carboxylic acids is 1. The van der Waals surface area contributed by atoms with Gasteiger partial charge in [0.05, 0.1) is 11.4 Å². The molecular weight excluding hydrogens is 559 g/mol. The first-order chi connectivity index (χ1) is 16.1. The zero-order valence-electron chi connectivity index (χ0n) is 18.5. The topological polar surface area (TPSA) is 66.5 Å². The summed E-state index contributed by atoms with van der Waals surface area (Å²) in [5, 5.41) is 3.70. The van der Waals surface area contributed by atoms with Gasteiger partial charge in [0.15, 0.2) is 0 Å². The number of hydrogen-bond acceptors (Lipinski definition) is 3. The van der Waals surface area contributed by atoms with E-state index in [9.17, 15) is 13.2 Å². The van der Waals surface area contributed by atoms with Crippen LogP contribution in [0.1, 0.15) is 24.5 Å². The highest BCUT2D eigenvalue weighted by Crippen LogP contribution is 2.26. The van der Waals surface area contributed by atoms with Gasteiger partial charge in [-0.2, -0.15) is 4.31 Å². The van der Waals surface area contributed by atoms with Crippen LogP contribution in [0.5, 0.6) is 0 Å². The molecule has 34 heavy (non-hydrogen) atoms. The first kappa shape index (κ1) is 26.7. The second-order valence-electron chi connectivity index (χ2n) is 7.96. The molecule has 0 radical (unpaired) electrons. The maximum absolute atomic E-state index is 13.4. The number of nitrogens with zero attached hydrogens (tertiary/aromatic N) is 1. The summed E-state index contributed by atoms with van der Waals surface area (Å²) in [5.41, 5.74) is 1.73. The van der Waals surface area contributed by atoms with Crippen molar-refractivity contribution in [3.8, 4) is 0 Å². The van der Waals surface area contributed by atoms with E-state index in [4.69, 9.17) is 23.2 Å². The summed E-state index contributed by atoms with van der Waals surface area (Å²) < 4.78 is 28.7. The Morgan fingerprint density at radius 3 is 2.35 bits per heavy atom. The van der Waals surface area contributed by atoms with Crippen LogP contribution < -0.4 is 5.32 Å². The van der Waals surface area contributed by atoms with Gasteiger partial charge in [-0.25, -0.2) is 8.42 Å². The maximum atomic E-state index is 13.4. The Morgan fingerprint density at radius 2 is 1.71 bits per heavy atom. The fourth-order valence-corrected chi connectivity index (χ4v) is 5.51. The highest BCUT2D eigenvalue weighted by Gasteiger charge is 2.28. The number of aryl methyl sites for hydroxylation is 1. The molecule has 1 atom stereocenters. The third-order valence-corrected chi connectivity index (χ3v) is 8.17. The third-order valence-electron chi connectivity index (χ3n) is 5.25. The van der Waals surface area contributed by atoms with E-state index in [1.54, 1.807) is 30.3 Å². The lowest BCUT2D eigenvalue weighted by atomic mass is 10.1. The second-order valence-corrected chi connectivity index (χ2v) is 11.7. The molecule has 3 aromatic carbocycles. The van der Waals surface area contributed by atoms with E-state index < -0.39 is 10.0 Å². The van der Waals surface area contributed by atoms with Gasteiger partial charge in [-0.15, -0.1) is 0 Å². The Labute approximate surface area is 219 Å². The largest absolute Gasteiger partial charge is 0.352 e. The van der Waals surface area contributed by atoms with Crippen molar-refractivity contribution in [3.05, 3.63) is 98.4 Å². The van der Waals surface area contributed by atoms with Gasteiger partial charge in [0.25, 0.3) is 0 Å². The predicted octanol–water partition coefficient (Wildman–Crippen LogP) is 6.08. The van der Waals surface area contributed by atoms with Crippen molar-refractivity contribution >= 4 is 55.1 Å². The molecule has 3 rings (SSSR count). The summed E-state index contributed by atoms with van der Waals surface area (Å²) in [6.45, 7) is 1.50. The van der Waals surface area contributed by atoms with Gasteiger partial charge in [0, 0.05) is 27.1 Å². The van der Waals surface area contributed by atoms with Gasteiger partial charge in [0.2, 0.25) is 15.9 Å². The average Bonchev–Trinajstić information content (AvgIpc) is 2.80. The fourth-order valence-electron chi connectivity index (χ4n) is 3.40. The van der Waals surface area contributed by atoms with Crippen LogP contribution in [0.4, 0.5) is 0 Å². The van der Waals surface area contributed by atoms with E-state index in [0.29, 0.717) is 15.6 Å². The van der Waals surface area contributed by atoms with Gasteiger partial charge in [-0.3, -0.25) is 4.79 Å². The van der Waals surface area contributed by atoms with Crippen LogP contribution in [0.25, 0.3) is 0 Å². The van der Waals surface area contributed by atoms with Crippen LogP contribution >= 0.6 is 39.1 Å². The van der Waals surface area contributed by atoms with Crippen molar-refractivity contribution in [2.45, 2.75) is 37.2 Å². The van der Waals surface area contributed by atoms with Gasteiger partial charge in [-0.1, -0.05) is 75.5 Å². The van der Waals surface area contributed by atoms with E-state index in [1.165, 1.54) is 17.7 Å². The molecule has 0 aromatic heterocycles. The quantitative estimate of drug-likeness (QED) is 0.314. The SMILES string of the molecule is C[C@H](CCc1ccccc1)NC(=O)CN(Cc1ccc(Cl)cc1Cl)S(=O)(=O)c1ccc(Br)cc1. The molecular formula is C25H25BrCl2N2O3S. The summed E-state index contributed by atoms with van der Waals surface area (Å²) in [6, 6.07) is 21.0. The first-order valence-electron chi connectivity index (χ1n) is 10.7. The average molecular weight is 584 g/mol. The third kappa shape index (κ3) is 7.55. The van der Waals surface area contributed by atoms with Gasteiger partial charge >= 0.3 is 0 Å². The van der Waals surface area contributed by atoms with E-state index in [-0.39, 0.29) is 29.9 Å². The molecule has 5 nitrogen and oxygen atoms in total. The Kier molecular flexibility index (Phi) is 9.56. The molecule has 0 saturated carbocycles. The number of benzene rings is 3. The number of carbonyl (C=O) groups is 1. The van der Waals surface area contributed by atoms with Gasteiger partial charge in [-0.05, 0) is 67.3 Å². The Bertz CT molecular complexity index is 1220. The monoisotopic (exact) mass is 582 g/mol. The number of rotatable bonds is 10. The summed E-state index contributed by atoms with van der Waals surface area (Å²) in [6.07, 6.45) is 1.54. The Balaban J connectivity index is 1.75. The van der Waals surface area contributed by atoms with Crippen molar-refractivity contribution in [2.24, 2.45) is 0 Å². The Morgan fingerprint density at radius 1 is 1.03 bits per heavy atom. The van der Waals surface area contributed by atoms with Crippen molar-refractivity contribution in [1.82, 2.24) is 9.62 Å². The van der Waals surface area contributed by atoms with E-state index >= 15 is 0 Å². The van der Waals surface area contributed by atoms with E-state index in [1.807, 2.05) is 37.3 Å². The number of amides is 1. The highest BCUT2D eigenvalue weighted by molar-refractivity contribution is 9.10. The van der Waals surface area contributed by atoms with E-state index in [2.05, 4.69) is 21.2 Å². The minimum absolute atomic E-state index is 0.0692.